The number of methoxy groups -OCH3 is 1. The van der Waals surface area contributed by atoms with Crippen LogP contribution in [0.15, 0.2) is 35.5 Å². The zero-order chi connectivity index (χ0) is 15.0. The van der Waals surface area contributed by atoms with Gasteiger partial charge in [0.25, 0.3) is 0 Å². The summed E-state index contributed by atoms with van der Waals surface area (Å²) < 4.78 is 6.35. The second-order valence-electron chi connectivity index (χ2n) is 4.48. The average molecular weight is 501 g/mol. The summed E-state index contributed by atoms with van der Waals surface area (Å²) in [5.74, 6) is -0.438. The summed E-state index contributed by atoms with van der Waals surface area (Å²) in [5, 5.41) is 4.20. The van der Waals surface area contributed by atoms with Crippen LogP contribution in [0.1, 0.15) is 12.5 Å². The highest BCUT2D eigenvalue weighted by atomic mass is 127. The maximum Gasteiger partial charge on any atom is 0.346 e. The Morgan fingerprint density at radius 3 is 2.35 bits per heavy atom. The number of alkyl halides is 2. The lowest BCUT2D eigenvalue weighted by Gasteiger charge is -2.26. The van der Waals surface area contributed by atoms with Crippen LogP contribution in [0.3, 0.4) is 0 Å². The SMILES string of the molecule is COC(=O)CO/N=C(\c1ccccc1)C(C)(CI)CI. The zero-order valence-electron chi connectivity index (χ0n) is 11.4. The van der Waals surface area contributed by atoms with Gasteiger partial charge in [-0.2, -0.15) is 0 Å². The van der Waals surface area contributed by atoms with Crippen molar-refractivity contribution in [3.63, 3.8) is 0 Å². The van der Waals surface area contributed by atoms with E-state index in [4.69, 9.17) is 4.84 Å². The van der Waals surface area contributed by atoms with Crippen LogP contribution in [0.25, 0.3) is 0 Å². The van der Waals surface area contributed by atoms with Crippen molar-refractivity contribution in [3.05, 3.63) is 35.9 Å². The third-order valence-corrected chi connectivity index (χ3v) is 6.14. The van der Waals surface area contributed by atoms with E-state index in [0.717, 1.165) is 20.1 Å². The van der Waals surface area contributed by atoms with Crippen LogP contribution in [0.5, 0.6) is 0 Å². The van der Waals surface area contributed by atoms with Crippen molar-refractivity contribution in [1.82, 2.24) is 0 Å². The number of halogens is 2. The molecular weight excluding hydrogens is 484 g/mol. The first-order valence-corrected chi connectivity index (χ1v) is 9.07. The van der Waals surface area contributed by atoms with Gasteiger partial charge in [-0.15, -0.1) is 0 Å². The van der Waals surface area contributed by atoms with Gasteiger partial charge in [-0.25, -0.2) is 4.79 Å². The van der Waals surface area contributed by atoms with E-state index in [1.165, 1.54) is 7.11 Å². The molecule has 0 amide bonds. The van der Waals surface area contributed by atoms with Gasteiger partial charge in [-0.3, -0.25) is 0 Å². The molecule has 4 nitrogen and oxygen atoms in total. The summed E-state index contributed by atoms with van der Waals surface area (Å²) in [6.45, 7) is 1.96. The molecule has 0 radical (unpaired) electrons. The van der Waals surface area contributed by atoms with Gasteiger partial charge in [0.15, 0.2) is 0 Å². The van der Waals surface area contributed by atoms with Gasteiger partial charge in [-0.05, 0) is 5.56 Å². The number of hydrogen-bond acceptors (Lipinski definition) is 4. The largest absolute Gasteiger partial charge is 0.466 e. The minimum Gasteiger partial charge on any atom is -0.466 e. The van der Waals surface area contributed by atoms with E-state index in [0.29, 0.717) is 0 Å². The molecule has 0 fully saturated rings. The highest BCUT2D eigenvalue weighted by molar-refractivity contribution is 14.1. The lowest BCUT2D eigenvalue weighted by molar-refractivity contribution is -0.145. The van der Waals surface area contributed by atoms with Gasteiger partial charge in [0.1, 0.15) is 0 Å². The Labute approximate surface area is 146 Å². The van der Waals surface area contributed by atoms with Gasteiger partial charge >= 0.3 is 5.97 Å². The summed E-state index contributed by atoms with van der Waals surface area (Å²) in [6, 6.07) is 9.88. The molecule has 0 spiro atoms. The molecule has 0 aliphatic carbocycles. The number of nitrogens with zero attached hydrogens (tertiary/aromatic N) is 1. The molecule has 20 heavy (non-hydrogen) atoms. The molecule has 0 N–H and O–H groups in total. The summed E-state index contributed by atoms with van der Waals surface area (Å²) in [4.78, 5) is 16.3. The maximum absolute atomic E-state index is 11.1. The number of rotatable bonds is 7. The van der Waals surface area contributed by atoms with Crippen molar-refractivity contribution in [2.45, 2.75) is 6.92 Å². The third kappa shape index (κ3) is 4.87. The molecule has 0 aliphatic rings. The Morgan fingerprint density at radius 2 is 1.85 bits per heavy atom. The summed E-state index contributed by atoms with van der Waals surface area (Å²) in [5.41, 5.74) is 1.75. The minimum absolute atomic E-state index is 0.113. The number of ether oxygens (including phenoxy) is 1. The first kappa shape index (κ1) is 17.7. The van der Waals surface area contributed by atoms with E-state index in [1.54, 1.807) is 0 Å². The number of carbonyl (C=O) groups is 1. The first-order valence-electron chi connectivity index (χ1n) is 6.02. The standard InChI is InChI=1S/C14H17I2NO3/c1-14(9-15,10-16)13(11-6-4-3-5-7-11)17-20-8-12(18)19-2/h3-7H,8-10H2,1-2H3/b17-13+. The lowest BCUT2D eigenvalue weighted by atomic mass is 9.85. The highest BCUT2D eigenvalue weighted by Gasteiger charge is 2.30. The molecule has 1 aromatic rings. The average Bonchev–Trinajstić information content (AvgIpc) is 2.51. The van der Waals surface area contributed by atoms with Gasteiger partial charge < -0.3 is 9.57 Å². The maximum atomic E-state index is 11.1. The second kappa shape index (κ2) is 8.81. The predicted octanol–water partition coefficient (Wildman–Crippen LogP) is 3.46. The molecule has 6 heteroatoms. The second-order valence-corrected chi connectivity index (χ2v) is 6.01. The fourth-order valence-corrected chi connectivity index (χ4v) is 3.77. The molecule has 0 saturated carbocycles. The number of benzene rings is 1. The van der Waals surface area contributed by atoms with Crippen molar-refractivity contribution in [1.29, 1.82) is 0 Å². The smallest absolute Gasteiger partial charge is 0.346 e. The van der Waals surface area contributed by atoms with E-state index >= 15 is 0 Å². The van der Waals surface area contributed by atoms with Crippen LogP contribution in [-0.4, -0.2) is 34.3 Å². The van der Waals surface area contributed by atoms with Crippen LogP contribution < -0.4 is 0 Å². The normalized spacial score (nSPS) is 12.1. The molecule has 1 rings (SSSR count). The van der Waals surface area contributed by atoms with Crippen LogP contribution >= 0.6 is 45.2 Å². The minimum atomic E-state index is -0.438. The van der Waals surface area contributed by atoms with Crippen LogP contribution in [0.2, 0.25) is 0 Å². The number of hydrogen-bond donors (Lipinski definition) is 0. The van der Waals surface area contributed by atoms with Gasteiger partial charge in [-0.1, -0.05) is 87.6 Å². The molecule has 0 aromatic heterocycles. The molecule has 0 saturated heterocycles. The Morgan fingerprint density at radius 1 is 1.25 bits per heavy atom. The van der Waals surface area contributed by atoms with Crippen LogP contribution in [0.4, 0.5) is 0 Å². The Hall–Kier alpha value is -0.380. The monoisotopic (exact) mass is 501 g/mol. The van der Waals surface area contributed by atoms with Gasteiger partial charge in [0, 0.05) is 14.3 Å². The third-order valence-electron chi connectivity index (χ3n) is 2.77. The summed E-state index contributed by atoms with van der Waals surface area (Å²) in [7, 11) is 1.33. The molecule has 0 heterocycles. The molecule has 0 aliphatic heterocycles. The van der Waals surface area contributed by atoms with Crippen LogP contribution in [-0.2, 0) is 14.4 Å². The van der Waals surface area contributed by atoms with Crippen molar-refractivity contribution in [3.8, 4) is 0 Å². The first-order chi connectivity index (χ1) is 9.57. The molecule has 0 bridgehead atoms. The Kier molecular flexibility index (Phi) is 7.78. The number of oxime groups is 1. The van der Waals surface area contributed by atoms with Crippen molar-refractivity contribution >= 4 is 56.9 Å². The van der Waals surface area contributed by atoms with Gasteiger partial charge in [0.2, 0.25) is 6.61 Å². The van der Waals surface area contributed by atoms with E-state index in [2.05, 4.69) is 62.0 Å². The Balaban J connectivity index is 3.02. The summed E-state index contributed by atoms with van der Waals surface area (Å²) >= 11 is 4.70. The number of carbonyl (C=O) groups excluding carboxylic acids is 1. The zero-order valence-corrected chi connectivity index (χ0v) is 15.8. The van der Waals surface area contributed by atoms with E-state index in [1.807, 2.05) is 30.3 Å². The molecule has 110 valence electrons. The summed E-state index contributed by atoms with van der Waals surface area (Å²) in [6.07, 6.45) is 0. The number of esters is 1. The van der Waals surface area contributed by atoms with Crippen molar-refractivity contribution in [2.75, 3.05) is 22.6 Å². The molecule has 1 aromatic carbocycles. The highest BCUT2D eigenvalue weighted by Crippen LogP contribution is 2.29. The predicted molar refractivity (Wildman–Crippen MR) is 96.8 cm³/mol. The molecule has 0 atom stereocenters. The van der Waals surface area contributed by atoms with E-state index in [9.17, 15) is 4.79 Å². The quantitative estimate of drug-likeness (QED) is 0.189. The van der Waals surface area contributed by atoms with E-state index in [-0.39, 0.29) is 12.0 Å². The van der Waals surface area contributed by atoms with E-state index < -0.39 is 5.97 Å². The fourth-order valence-electron chi connectivity index (χ4n) is 1.48. The lowest BCUT2D eigenvalue weighted by Crippen LogP contribution is -2.32. The van der Waals surface area contributed by atoms with Gasteiger partial charge in [0.05, 0.1) is 12.8 Å². The van der Waals surface area contributed by atoms with Crippen molar-refractivity contribution in [2.24, 2.45) is 10.6 Å². The van der Waals surface area contributed by atoms with Crippen molar-refractivity contribution < 1.29 is 14.4 Å². The van der Waals surface area contributed by atoms with Crippen LogP contribution in [0, 0.1) is 5.41 Å². The molecule has 0 unspecified atom stereocenters. The fraction of sp³-hybridized carbons (Fsp3) is 0.429. The molecular formula is C14H17I2NO3. The Bertz CT molecular complexity index is 459. The topological polar surface area (TPSA) is 47.9 Å².